The van der Waals surface area contributed by atoms with Gasteiger partial charge in [-0.3, -0.25) is 13.9 Å². The predicted molar refractivity (Wildman–Crippen MR) is 139 cm³/mol. The third-order valence-electron chi connectivity index (χ3n) is 5.38. The van der Waals surface area contributed by atoms with Gasteiger partial charge in [-0.15, -0.1) is 0 Å². The zero-order valence-electron chi connectivity index (χ0n) is 20.8. The average molecular weight is 524 g/mol. The number of amides is 2. The number of nitrogens with one attached hydrogen (secondary N) is 1. The number of nitrogens with zero attached hydrogens (tertiary/aromatic N) is 2. The van der Waals surface area contributed by atoms with E-state index in [0.29, 0.717) is 18.7 Å². The number of carbonyl (C=O) groups is 2. The number of hydrogen-bond acceptors (Lipinski definition) is 5. The van der Waals surface area contributed by atoms with Crippen LogP contribution in [0.15, 0.2) is 48.5 Å². The van der Waals surface area contributed by atoms with Crippen molar-refractivity contribution in [3.8, 4) is 5.75 Å². The summed E-state index contributed by atoms with van der Waals surface area (Å²) in [5.41, 5.74) is 0.977. The lowest BCUT2D eigenvalue weighted by molar-refractivity contribution is -0.140. The molecule has 0 aliphatic rings. The van der Waals surface area contributed by atoms with Crippen LogP contribution in [-0.4, -0.2) is 57.6 Å². The highest BCUT2D eigenvalue weighted by molar-refractivity contribution is 7.92. The van der Waals surface area contributed by atoms with E-state index < -0.39 is 28.5 Å². The van der Waals surface area contributed by atoms with E-state index in [-0.39, 0.29) is 29.1 Å². The molecule has 2 rings (SSSR count). The SMILES string of the molecule is CC[C@H](C(=O)NCC(C)C)N(Cc1ccc(OC)cc1)C(=O)CN(c1ccccc1Cl)S(C)(=O)=O. The van der Waals surface area contributed by atoms with Crippen LogP contribution in [0.25, 0.3) is 0 Å². The van der Waals surface area contributed by atoms with Crippen molar-refractivity contribution in [3.05, 3.63) is 59.1 Å². The van der Waals surface area contributed by atoms with Gasteiger partial charge in [0, 0.05) is 13.1 Å². The molecule has 192 valence electrons. The molecular formula is C25H34ClN3O5S. The molecule has 1 N–H and O–H groups in total. The zero-order chi connectivity index (χ0) is 26.2. The Morgan fingerprint density at radius 3 is 2.23 bits per heavy atom. The van der Waals surface area contributed by atoms with E-state index in [1.54, 1.807) is 49.6 Å². The van der Waals surface area contributed by atoms with Crippen LogP contribution in [0.2, 0.25) is 5.02 Å². The number of ether oxygens (including phenoxy) is 1. The molecule has 0 bridgehead atoms. The minimum absolute atomic E-state index is 0.122. The maximum atomic E-state index is 13.6. The standard InChI is InChI=1S/C25H34ClN3O5S/c1-6-22(25(31)27-15-18(2)3)28(16-19-11-13-20(34-4)14-12-19)24(30)17-29(35(5,32)33)23-10-8-7-9-21(23)26/h7-14,18,22H,6,15-17H2,1-5H3,(H,27,31)/t22-/m1/s1. The molecule has 0 aliphatic carbocycles. The Labute approximate surface area is 213 Å². The lowest BCUT2D eigenvalue weighted by atomic mass is 10.1. The Morgan fingerprint density at radius 1 is 1.09 bits per heavy atom. The minimum Gasteiger partial charge on any atom is -0.497 e. The van der Waals surface area contributed by atoms with Gasteiger partial charge in [0.1, 0.15) is 18.3 Å². The Morgan fingerprint density at radius 2 is 1.71 bits per heavy atom. The summed E-state index contributed by atoms with van der Waals surface area (Å²) >= 11 is 6.25. The Hall–Kier alpha value is -2.78. The number of methoxy groups -OCH3 is 1. The summed E-state index contributed by atoms with van der Waals surface area (Å²) in [6, 6.07) is 12.8. The van der Waals surface area contributed by atoms with Crippen LogP contribution < -0.4 is 14.4 Å². The van der Waals surface area contributed by atoms with Gasteiger partial charge in [0.15, 0.2) is 0 Å². The fourth-order valence-corrected chi connectivity index (χ4v) is 4.67. The van der Waals surface area contributed by atoms with Crippen LogP contribution in [0, 0.1) is 5.92 Å². The van der Waals surface area contributed by atoms with Crippen LogP contribution in [0.4, 0.5) is 5.69 Å². The molecule has 0 unspecified atom stereocenters. The van der Waals surface area contributed by atoms with Crippen LogP contribution in [0.1, 0.15) is 32.8 Å². The smallest absolute Gasteiger partial charge is 0.244 e. The summed E-state index contributed by atoms with van der Waals surface area (Å²) in [4.78, 5) is 28.1. The van der Waals surface area contributed by atoms with Gasteiger partial charge in [0.2, 0.25) is 21.8 Å². The number of anilines is 1. The molecule has 0 aliphatic heterocycles. The van der Waals surface area contributed by atoms with Gasteiger partial charge < -0.3 is 15.0 Å². The first kappa shape index (κ1) is 28.5. The van der Waals surface area contributed by atoms with E-state index in [1.807, 2.05) is 20.8 Å². The fraction of sp³-hybridized carbons (Fsp3) is 0.440. The number of sulfonamides is 1. The van der Waals surface area contributed by atoms with Crippen molar-refractivity contribution in [2.24, 2.45) is 5.92 Å². The highest BCUT2D eigenvalue weighted by Gasteiger charge is 2.32. The maximum absolute atomic E-state index is 13.6. The molecule has 8 nitrogen and oxygen atoms in total. The highest BCUT2D eigenvalue weighted by atomic mass is 35.5. The van der Waals surface area contributed by atoms with Gasteiger partial charge in [-0.05, 0) is 42.2 Å². The van der Waals surface area contributed by atoms with Crippen LogP contribution in [0.3, 0.4) is 0 Å². The lowest BCUT2D eigenvalue weighted by Gasteiger charge is -2.33. The van der Waals surface area contributed by atoms with Crippen molar-refractivity contribution in [3.63, 3.8) is 0 Å². The first-order chi connectivity index (χ1) is 16.5. The average Bonchev–Trinajstić information content (AvgIpc) is 2.81. The van der Waals surface area contributed by atoms with Gasteiger partial charge in [-0.1, -0.05) is 56.6 Å². The second-order valence-electron chi connectivity index (χ2n) is 8.65. The number of halogens is 1. The van der Waals surface area contributed by atoms with Crippen molar-refractivity contribution < 1.29 is 22.7 Å². The maximum Gasteiger partial charge on any atom is 0.244 e. The third-order valence-corrected chi connectivity index (χ3v) is 6.83. The van der Waals surface area contributed by atoms with Crippen LogP contribution >= 0.6 is 11.6 Å². The summed E-state index contributed by atoms with van der Waals surface area (Å²) in [5, 5.41) is 3.09. The largest absolute Gasteiger partial charge is 0.497 e. The van der Waals surface area contributed by atoms with Crippen molar-refractivity contribution in [2.75, 3.05) is 30.8 Å². The van der Waals surface area contributed by atoms with Gasteiger partial charge in [0.25, 0.3) is 0 Å². The highest BCUT2D eigenvalue weighted by Crippen LogP contribution is 2.27. The van der Waals surface area contributed by atoms with Crippen molar-refractivity contribution >= 4 is 39.1 Å². The van der Waals surface area contributed by atoms with E-state index in [0.717, 1.165) is 16.1 Å². The molecule has 0 heterocycles. The number of rotatable bonds is 12. The second kappa shape index (κ2) is 12.8. The van der Waals surface area contributed by atoms with Crippen molar-refractivity contribution in [2.45, 2.75) is 39.8 Å². The normalized spacial score (nSPS) is 12.2. The summed E-state index contributed by atoms with van der Waals surface area (Å²) in [5.74, 6) is 0.0999. The first-order valence-corrected chi connectivity index (χ1v) is 13.6. The Balaban J connectivity index is 2.42. The van der Waals surface area contributed by atoms with Gasteiger partial charge in [-0.2, -0.15) is 0 Å². The number of hydrogen-bond donors (Lipinski definition) is 1. The lowest BCUT2D eigenvalue weighted by Crippen LogP contribution is -2.52. The van der Waals surface area contributed by atoms with Crippen LogP contribution in [0.5, 0.6) is 5.75 Å². The molecule has 2 aromatic rings. The molecule has 0 aromatic heterocycles. The Kier molecular flexibility index (Phi) is 10.4. The van der Waals surface area contributed by atoms with Crippen molar-refractivity contribution in [1.82, 2.24) is 10.2 Å². The number of benzene rings is 2. The number of para-hydroxylation sites is 1. The number of carbonyl (C=O) groups excluding carboxylic acids is 2. The molecule has 0 fully saturated rings. The summed E-state index contributed by atoms with van der Waals surface area (Å²) < 4.78 is 31.4. The molecule has 0 saturated heterocycles. The van der Waals surface area contributed by atoms with E-state index in [2.05, 4.69) is 5.32 Å². The van der Waals surface area contributed by atoms with Gasteiger partial charge >= 0.3 is 0 Å². The summed E-state index contributed by atoms with van der Waals surface area (Å²) in [7, 11) is -2.28. The third kappa shape index (κ3) is 8.14. The molecule has 1 atom stereocenters. The molecule has 35 heavy (non-hydrogen) atoms. The van der Waals surface area contributed by atoms with Gasteiger partial charge in [-0.25, -0.2) is 8.42 Å². The van der Waals surface area contributed by atoms with E-state index in [1.165, 1.54) is 11.0 Å². The van der Waals surface area contributed by atoms with E-state index in [9.17, 15) is 18.0 Å². The molecule has 0 spiro atoms. The molecular weight excluding hydrogens is 490 g/mol. The molecule has 2 amide bonds. The molecule has 0 radical (unpaired) electrons. The first-order valence-electron chi connectivity index (χ1n) is 11.4. The predicted octanol–water partition coefficient (Wildman–Crippen LogP) is 3.69. The van der Waals surface area contributed by atoms with E-state index >= 15 is 0 Å². The van der Waals surface area contributed by atoms with Crippen LogP contribution in [-0.2, 0) is 26.2 Å². The topological polar surface area (TPSA) is 96.0 Å². The van der Waals surface area contributed by atoms with Gasteiger partial charge in [0.05, 0.1) is 24.1 Å². The second-order valence-corrected chi connectivity index (χ2v) is 11.0. The fourth-order valence-electron chi connectivity index (χ4n) is 3.52. The Bertz CT molecular complexity index is 1110. The summed E-state index contributed by atoms with van der Waals surface area (Å²) in [6.07, 6.45) is 1.38. The molecule has 2 aromatic carbocycles. The quantitative estimate of drug-likeness (QED) is 0.457. The van der Waals surface area contributed by atoms with E-state index in [4.69, 9.17) is 16.3 Å². The monoisotopic (exact) mass is 523 g/mol. The minimum atomic E-state index is -3.84. The zero-order valence-corrected chi connectivity index (χ0v) is 22.4. The van der Waals surface area contributed by atoms with Crippen molar-refractivity contribution in [1.29, 1.82) is 0 Å². The molecule has 10 heteroatoms. The molecule has 0 saturated carbocycles. The summed E-state index contributed by atoms with van der Waals surface area (Å²) in [6.45, 7) is 5.87.